The molecule has 0 unspecified atom stereocenters. The van der Waals surface area contributed by atoms with E-state index in [0.29, 0.717) is 39.8 Å². The Morgan fingerprint density at radius 1 is 1.10 bits per heavy atom. The lowest BCUT2D eigenvalue weighted by Crippen LogP contribution is -2.25. The van der Waals surface area contributed by atoms with Crippen molar-refractivity contribution in [1.82, 2.24) is 14.8 Å². The van der Waals surface area contributed by atoms with Crippen molar-refractivity contribution in [3.05, 3.63) is 67.9 Å². The third-order valence-corrected chi connectivity index (χ3v) is 4.70. The first-order chi connectivity index (χ1) is 14.4. The molecule has 0 saturated carbocycles. The van der Waals surface area contributed by atoms with E-state index in [9.17, 15) is 4.79 Å². The zero-order chi connectivity index (χ0) is 21.7. The number of hydrogen-bond donors (Lipinski definition) is 2. The van der Waals surface area contributed by atoms with Gasteiger partial charge in [0.15, 0.2) is 0 Å². The second kappa shape index (κ2) is 9.27. The average molecular weight is 440 g/mol. The van der Waals surface area contributed by atoms with Crippen molar-refractivity contribution in [3.8, 4) is 12.1 Å². The molecule has 0 atom stereocenters. The topological polar surface area (TPSA) is 119 Å². The first kappa shape index (κ1) is 21.1. The minimum atomic E-state index is -0.436. The fourth-order valence-corrected chi connectivity index (χ4v) is 3.24. The van der Waals surface area contributed by atoms with Crippen LogP contribution in [-0.4, -0.2) is 14.8 Å². The molecule has 1 aromatic heterocycles. The van der Waals surface area contributed by atoms with Crippen molar-refractivity contribution >= 4 is 46.3 Å². The second-order valence-corrected chi connectivity index (χ2v) is 7.06. The quantitative estimate of drug-likeness (QED) is 0.587. The zero-order valence-corrected chi connectivity index (χ0v) is 17.3. The maximum Gasteiger partial charge on any atom is 0.309 e. The number of nitriles is 2. The van der Waals surface area contributed by atoms with E-state index in [1.807, 2.05) is 6.07 Å². The first-order valence-electron chi connectivity index (χ1n) is 8.75. The van der Waals surface area contributed by atoms with E-state index in [1.54, 1.807) is 36.4 Å². The molecule has 0 amide bonds. The predicted octanol–water partition coefficient (Wildman–Crippen LogP) is 4.30. The normalized spacial score (nSPS) is 10.2. The number of hydrogen-bond acceptors (Lipinski definition) is 7. The molecule has 10 heteroatoms. The van der Waals surface area contributed by atoms with Crippen LogP contribution in [0.3, 0.4) is 0 Å². The van der Waals surface area contributed by atoms with E-state index in [2.05, 4.69) is 26.8 Å². The van der Waals surface area contributed by atoms with Gasteiger partial charge in [-0.15, -0.1) is 5.10 Å². The summed E-state index contributed by atoms with van der Waals surface area (Å²) < 4.78 is 1.13. The van der Waals surface area contributed by atoms with Gasteiger partial charge in [-0.2, -0.15) is 15.5 Å². The van der Waals surface area contributed by atoms with Crippen LogP contribution in [0.4, 0.5) is 23.1 Å². The minimum Gasteiger partial charge on any atom is -0.335 e. The summed E-state index contributed by atoms with van der Waals surface area (Å²) in [5.41, 5.74) is 1.88. The van der Waals surface area contributed by atoms with Crippen molar-refractivity contribution in [2.24, 2.45) is 7.05 Å². The third-order valence-electron chi connectivity index (χ3n) is 4.10. The van der Waals surface area contributed by atoms with Gasteiger partial charge >= 0.3 is 5.56 Å². The Morgan fingerprint density at radius 3 is 2.37 bits per heavy atom. The van der Waals surface area contributed by atoms with Gasteiger partial charge in [0.25, 0.3) is 0 Å². The van der Waals surface area contributed by atoms with Crippen LogP contribution >= 0.6 is 23.2 Å². The van der Waals surface area contributed by atoms with Gasteiger partial charge in [0.1, 0.15) is 0 Å². The Hall–Kier alpha value is -3.59. The standard InChI is InChI=1S/C20H15Cl2N7O/c1-29-19(30)18(25-14-6-4-12(11-24)5-7-14)27-20(28-29)26-17-15(21)9-13(3-2-8-23)10-16(17)22/h4-7,9-10H,2-3H2,1H3,(H2,25,26,27,28). The molecule has 150 valence electrons. The summed E-state index contributed by atoms with van der Waals surface area (Å²) >= 11 is 12.7. The van der Waals surface area contributed by atoms with Crippen molar-refractivity contribution in [1.29, 1.82) is 10.5 Å². The molecule has 0 bridgehead atoms. The molecule has 1 heterocycles. The highest BCUT2D eigenvalue weighted by Crippen LogP contribution is 2.34. The highest BCUT2D eigenvalue weighted by molar-refractivity contribution is 6.39. The van der Waals surface area contributed by atoms with E-state index in [0.717, 1.165) is 10.2 Å². The van der Waals surface area contributed by atoms with Gasteiger partial charge in [0.2, 0.25) is 11.8 Å². The lowest BCUT2D eigenvalue weighted by molar-refractivity contribution is 0.699. The van der Waals surface area contributed by atoms with Gasteiger partial charge in [-0.3, -0.25) is 4.79 Å². The summed E-state index contributed by atoms with van der Waals surface area (Å²) in [5, 5.41) is 28.3. The first-order valence-corrected chi connectivity index (χ1v) is 9.51. The number of aryl methyl sites for hydroxylation is 2. The molecule has 3 aromatic rings. The molecular formula is C20H15Cl2N7O. The van der Waals surface area contributed by atoms with Gasteiger partial charge in [-0.1, -0.05) is 23.2 Å². The molecule has 0 spiro atoms. The summed E-state index contributed by atoms with van der Waals surface area (Å²) in [7, 11) is 1.49. The summed E-state index contributed by atoms with van der Waals surface area (Å²) in [6.45, 7) is 0. The van der Waals surface area contributed by atoms with Crippen LogP contribution in [0.1, 0.15) is 17.5 Å². The molecule has 0 aliphatic heterocycles. The number of halogens is 2. The van der Waals surface area contributed by atoms with Crippen molar-refractivity contribution < 1.29 is 0 Å². The minimum absolute atomic E-state index is 0.0394. The van der Waals surface area contributed by atoms with Gasteiger partial charge in [-0.05, 0) is 48.4 Å². The number of nitrogens with zero attached hydrogens (tertiary/aromatic N) is 5. The Balaban J connectivity index is 1.89. The molecule has 0 aliphatic rings. The Bertz CT molecular complexity index is 1200. The molecule has 0 saturated heterocycles. The molecule has 2 N–H and O–H groups in total. The maximum absolute atomic E-state index is 12.4. The van der Waals surface area contributed by atoms with Gasteiger partial charge in [0.05, 0.1) is 33.4 Å². The number of benzene rings is 2. The summed E-state index contributed by atoms with van der Waals surface area (Å²) in [6.07, 6.45) is 0.888. The van der Waals surface area contributed by atoms with E-state index < -0.39 is 5.56 Å². The maximum atomic E-state index is 12.4. The number of rotatable bonds is 6. The molecular weight excluding hydrogens is 425 g/mol. The smallest absolute Gasteiger partial charge is 0.309 e. The molecule has 30 heavy (non-hydrogen) atoms. The van der Waals surface area contributed by atoms with Crippen LogP contribution in [0.5, 0.6) is 0 Å². The van der Waals surface area contributed by atoms with Crippen LogP contribution < -0.4 is 16.2 Å². The highest BCUT2D eigenvalue weighted by Gasteiger charge is 2.13. The van der Waals surface area contributed by atoms with Gasteiger partial charge in [-0.25, -0.2) is 4.68 Å². The van der Waals surface area contributed by atoms with Crippen LogP contribution in [0, 0.1) is 22.7 Å². The van der Waals surface area contributed by atoms with Crippen molar-refractivity contribution in [2.45, 2.75) is 12.8 Å². The predicted molar refractivity (Wildman–Crippen MR) is 115 cm³/mol. The van der Waals surface area contributed by atoms with E-state index in [1.165, 1.54) is 7.05 Å². The SMILES string of the molecule is Cn1nc(Nc2c(Cl)cc(CCC#N)cc2Cl)nc(Nc2ccc(C#N)cc2)c1=O. The Kier molecular flexibility index (Phi) is 6.53. The molecule has 0 fully saturated rings. The van der Waals surface area contributed by atoms with Crippen LogP contribution in [-0.2, 0) is 13.5 Å². The third kappa shape index (κ3) is 4.87. The highest BCUT2D eigenvalue weighted by atomic mass is 35.5. The van der Waals surface area contributed by atoms with E-state index in [4.69, 9.17) is 33.7 Å². The molecule has 3 rings (SSSR count). The fourth-order valence-electron chi connectivity index (χ4n) is 2.62. The summed E-state index contributed by atoms with van der Waals surface area (Å²) in [4.78, 5) is 16.6. The second-order valence-electron chi connectivity index (χ2n) is 6.24. The number of nitrogens with one attached hydrogen (secondary N) is 2. The lowest BCUT2D eigenvalue weighted by atomic mass is 10.1. The van der Waals surface area contributed by atoms with E-state index in [-0.39, 0.29) is 11.8 Å². The molecule has 0 radical (unpaired) electrons. The van der Waals surface area contributed by atoms with Gasteiger partial charge in [0, 0.05) is 19.2 Å². The Morgan fingerprint density at radius 2 is 1.77 bits per heavy atom. The van der Waals surface area contributed by atoms with Crippen molar-refractivity contribution in [3.63, 3.8) is 0 Å². The molecule has 0 aliphatic carbocycles. The summed E-state index contributed by atoms with van der Waals surface area (Å²) in [5.74, 6) is 0.152. The van der Waals surface area contributed by atoms with E-state index >= 15 is 0 Å². The van der Waals surface area contributed by atoms with Gasteiger partial charge < -0.3 is 10.6 Å². The molecule has 8 nitrogen and oxygen atoms in total. The van der Waals surface area contributed by atoms with Crippen molar-refractivity contribution in [2.75, 3.05) is 10.6 Å². The summed E-state index contributed by atoms with van der Waals surface area (Å²) in [6, 6.07) is 14.1. The number of aromatic nitrogens is 3. The Labute approximate surface area is 182 Å². The zero-order valence-electron chi connectivity index (χ0n) is 15.8. The lowest BCUT2D eigenvalue weighted by Gasteiger charge is -2.13. The number of anilines is 4. The van der Waals surface area contributed by atoms with Crippen LogP contribution in [0.25, 0.3) is 0 Å². The largest absolute Gasteiger partial charge is 0.335 e. The average Bonchev–Trinajstić information content (AvgIpc) is 2.73. The molecule has 2 aromatic carbocycles. The monoisotopic (exact) mass is 439 g/mol. The van der Waals surface area contributed by atoms with Crippen LogP contribution in [0.15, 0.2) is 41.2 Å². The fraction of sp³-hybridized carbons (Fsp3) is 0.150. The van der Waals surface area contributed by atoms with Crippen LogP contribution in [0.2, 0.25) is 10.0 Å².